The van der Waals surface area contributed by atoms with E-state index in [0.717, 1.165) is 19.3 Å². The summed E-state index contributed by atoms with van der Waals surface area (Å²) in [5, 5.41) is 19.0. The molecule has 4 N–H and O–H groups in total. The Balaban J connectivity index is 1.47. The second-order valence-electron chi connectivity index (χ2n) is 14.0. The molecule has 40 heavy (non-hydrogen) atoms. The zero-order chi connectivity index (χ0) is 29.5. The van der Waals surface area contributed by atoms with Crippen LogP contribution in [-0.2, 0) is 14.1 Å². The van der Waals surface area contributed by atoms with Crippen LogP contribution in [0.25, 0.3) is 0 Å². The molecule has 9 heteroatoms. The Morgan fingerprint density at radius 3 is 2.15 bits per heavy atom. The molecule has 8 nitrogen and oxygen atoms in total. The predicted molar refractivity (Wildman–Crippen MR) is 161 cm³/mol. The molecule has 1 heterocycles. The van der Waals surface area contributed by atoms with Crippen LogP contribution >= 0.6 is 0 Å². The van der Waals surface area contributed by atoms with Gasteiger partial charge in [-0.15, -0.1) is 0 Å². The highest BCUT2D eigenvalue weighted by atomic mass is 16.7. The molecule has 3 amide bonds. The Bertz CT molecular complexity index is 825. The van der Waals surface area contributed by atoms with Gasteiger partial charge in [-0.3, -0.25) is 4.79 Å². The van der Waals surface area contributed by atoms with E-state index in [1.54, 1.807) is 0 Å². The molecule has 0 unspecified atom stereocenters. The predicted octanol–water partition coefficient (Wildman–Crippen LogP) is 5.36. The molecule has 4 fully saturated rings. The van der Waals surface area contributed by atoms with Gasteiger partial charge < -0.3 is 30.4 Å². The molecule has 0 spiro atoms. The first-order valence-electron chi connectivity index (χ1n) is 16.3. The summed E-state index contributed by atoms with van der Waals surface area (Å²) < 4.78 is 13.1. The summed E-state index contributed by atoms with van der Waals surface area (Å²) in [7, 11) is -0.549. The van der Waals surface area contributed by atoms with E-state index in [1.807, 2.05) is 0 Å². The minimum atomic E-state index is -1.07. The summed E-state index contributed by atoms with van der Waals surface area (Å²) in [5.41, 5.74) is -0.122. The van der Waals surface area contributed by atoms with E-state index in [9.17, 15) is 14.7 Å². The van der Waals surface area contributed by atoms with E-state index < -0.39 is 31.2 Å². The molecule has 0 aromatic rings. The number of aliphatic hydroxyl groups is 1. The van der Waals surface area contributed by atoms with Gasteiger partial charge in [0.15, 0.2) is 0 Å². The lowest BCUT2D eigenvalue weighted by molar-refractivity contribution is -0.199. The second kappa shape index (κ2) is 14.7. The molecule has 3 aliphatic carbocycles. The highest BCUT2D eigenvalue weighted by molar-refractivity contribution is 6.48. The third kappa shape index (κ3) is 8.16. The van der Waals surface area contributed by atoms with E-state index in [2.05, 4.69) is 57.5 Å². The maximum Gasteiger partial charge on any atom is 0.481 e. The van der Waals surface area contributed by atoms with Crippen LogP contribution in [0.4, 0.5) is 4.79 Å². The van der Waals surface area contributed by atoms with Gasteiger partial charge in [-0.1, -0.05) is 86.0 Å². The molecule has 230 valence electrons. The van der Waals surface area contributed by atoms with Gasteiger partial charge in [-0.05, 0) is 62.7 Å². The van der Waals surface area contributed by atoms with E-state index in [-0.39, 0.29) is 23.1 Å². The summed E-state index contributed by atoms with van der Waals surface area (Å²) in [6, 6.07) is -1.50. The molecular weight excluding hydrogens is 505 g/mol. The molecule has 0 radical (unpaired) electrons. The zero-order valence-corrected chi connectivity index (χ0v) is 26.4. The normalized spacial score (nSPS) is 28.8. The number of hydrogen-bond donors (Lipinski definition) is 4. The van der Waals surface area contributed by atoms with Crippen molar-refractivity contribution in [2.45, 2.75) is 155 Å². The maximum absolute atomic E-state index is 13.4. The molecule has 3 saturated carbocycles. The average molecular weight is 564 g/mol. The van der Waals surface area contributed by atoms with Crippen LogP contribution in [0.2, 0.25) is 0 Å². The van der Waals surface area contributed by atoms with Crippen molar-refractivity contribution in [2.24, 2.45) is 23.2 Å². The average Bonchev–Trinajstić information content (AvgIpc) is 3.24. The molecule has 4 rings (SSSR count). The molecule has 2 bridgehead atoms. The van der Waals surface area contributed by atoms with Gasteiger partial charge >= 0.3 is 13.1 Å². The fraction of sp³-hybridized carbons (Fsp3) is 0.935. The number of carbonyl (C=O) groups excluding carboxylic acids is 2. The van der Waals surface area contributed by atoms with Crippen molar-refractivity contribution in [3.63, 3.8) is 0 Å². The number of amides is 3. The standard InChI is InChI=1S/C31H58BN3O5/c1-8-9-10-11-12-13-14-15-16-17-33-29(38)35-27(22(4)36)28(37)34-26(18-21(2)3)32-39-25-20-23-19-24(30(23,5)6)31(25,7)40-32/h21-27,36H,8-20H2,1-7H3,(H,34,37)(H2,33,35,38)/t22-,23+,24+,25-,26+,27+,31+/m1/s1. The Morgan fingerprint density at radius 2 is 1.57 bits per heavy atom. The number of unbranched alkanes of at least 4 members (excludes halogenated alkanes) is 8. The molecule has 0 aromatic carbocycles. The van der Waals surface area contributed by atoms with Gasteiger partial charge in [-0.2, -0.15) is 0 Å². The van der Waals surface area contributed by atoms with Gasteiger partial charge in [0.25, 0.3) is 0 Å². The third-order valence-electron chi connectivity index (χ3n) is 9.97. The van der Waals surface area contributed by atoms with Crippen molar-refractivity contribution in [1.29, 1.82) is 0 Å². The first-order valence-corrected chi connectivity index (χ1v) is 16.3. The second-order valence-corrected chi connectivity index (χ2v) is 14.0. The Hall–Kier alpha value is -1.32. The van der Waals surface area contributed by atoms with Crippen molar-refractivity contribution in [3.8, 4) is 0 Å². The number of urea groups is 1. The van der Waals surface area contributed by atoms with Crippen molar-refractivity contribution in [3.05, 3.63) is 0 Å². The van der Waals surface area contributed by atoms with Crippen LogP contribution in [0.3, 0.4) is 0 Å². The van der Waals surface area contributed by atoms with Gasteiger partial charge in [-0.25, -0.2) is 4.79 Å². The van der Waals surface area contributed by atoms with E-state index >= 15 is 0 Å². The fourth-order valence-electron chi connectivity index (χ4n) is 7.32. The van der Waals surface area contributed by atoms with Crippen molar-refractivity contribution < 1.29 is 24.0 Å². The van der Waals surface area contributed by atoms with Gasteiger partial charge in [0.05, 0.1) is 23.8 Å². The summed E-state index contributed by atoms with van der Waals surface area (Å²) in [6.45, 7) is 15.3. The van der Waals surface area contributed by atoms with Crippen molar-refractivity contribution >= 4 is 19.1 Å². The van der Waals surface area contributed by atoms with Gasteiger partial charge in [0.2, 0.25) is 5.91 Å². The lowest BCUT2D eigenvalue weighted by Gasteiger charge is -2.64. The van der Waals surface area contributed by atoms with Gasteiger partial charge in [0.1, 0.15) is 6.04 Å². The summed E-state index contributed by atoms with van der Waals surface area (Å²) in [6.07, 6.45) is 12.7. The highest BCUT2D eigenvalue weighted by Crippen LogP contribution is 2.65. The highest BCUT2D eigenvalue weighted by Gasteiger charge is 2.68. The van der Waals surface area contributed by atoms with Crippen LogP contribution in [-0.4, -0.2) is 60.5 Å². The summed E-state index contributed by atoms with van der Waals surface area (Å²) in [4.78, 5) is 25.9. The molecule has 7 atom stereocenters. The number of rotatable bonds is 17. The fourth-order valence-corrected chi connectivity index (χ4v) is 7.32. The van der Waals surface area contributed by atoms with Crippen LogP contribution in [0.15, 0.2) is 0 Å². The molecular formula is C31H58BN3O5. The number of aliphatic hydroxyl groups excluding tert-OH is 1. The van der Waals surface area contributed by atoms with Crippen LogP contribution in [0.1, 0.15) is 126 Å². The topological polar surface area (TPSA) is 109 Å². The van der Waals surface area contributed by atoms with Crippen molar-refractivity contribution in [2.75, 3.05) is 6.54 Å². The Kier molecular flexibility index (Phi) is 12.2. The van der Waals surface area contributed by atoms with E-state index in [4.69, 9.17) is 9.31 Å². The number of carbonyl (C=O) groups is 2. The summed E-state index contributed by atoms with van der Waals surface area (Å²) in [5.74, 6) is 0.592. The molecule has 4 aliphatic rings. The minimum Gasteiger partial charge on any atom is -0.404 e. The lowest BCUT2D eigenvalue weighted by Crippen LogP contribution is -2.65. The quantitative estimate of drug-likeness (QED) is 0.141. The minimum absolute atomic E-state index is 0.0263. The van der Waals surface area contributed by atoms with Crippen LogP contribution < -0.4 is 16.0 Å². The lowest BCUT2D eigenvalue weighted by atomic mass is 9.43. The van der Waals surface area contributed by atoms with E-state index in [0.29, 0.717) is 30.7 Å². The Labute approximate surface area is 244 Å². The maximum atomic E-state index is 13.4. The van der Waals surface area contributed by atoms with Crippen molar-refractivity contribution in [1.82, 2.24) is 16.0 Å². The zero-order valence-electron chi connectivity index (χ0n) is 26.4. The first kappa shape index (κ1) is 33.2. The largest absolute Gasteiger partial charge is 0.481 e. The van der Waals surface area contributed by atoms with E-state index in [1.165, 1.54) is 58.3 Å². The molecule has 0 aromatic heterocycles. The first-order chi connectivity index (χ1) is 18.9. The van der Waals surface area contributed by atoms with Crippen LogP contribution in [0, 0.1) is 23.2 Å². The smallest absolute Gasteiger partial charge is 0.404 e. The molecule has 1 aliphatic heterocycles. The molecule has 1 saturated heterocycles. The summed E-state index contributed by atoms with van der Waals surface area (Å²) >= 11 is 0. The number of hydrogen-bond acceptors (Lipinski definition) is 5. The monoisotopic (exact) mass is 563 g/mol. The number of nitrogens with one attached hydrogen (secondary N) is 3. The van der Waals surface area contributed by atoms with Gasteiger partial charge in [0, 0.05) is 6.54 Å². The SMILES string of the molecule is CCCCCCCCCCCNC(=O)N[C@H](C(=O)N[C@@H](CC(C)C)B1O[C@@H]2C[C@@H]3C[C@@H](C3(C)C)[C@]2(C)O1)[C@@H](C)O. The third-order valence-corrected chi connectivity index (χ3v) is 9.97. The van der Waals surface area contributed by atoms with Crippen LogP contribution in [0.5, 0.6) is 0 Å². The Morgan fingerprint density at radius 1 is 0.950 bits per heavy atom.